The van der Waals surface area contributed by atoms with Gasteiger partial charge >= 0.3 is 5.97 Å². The minimum atomic E-state index is -4.53. The van der Waals surface area contributed by atoms with Crippen LogP contribution < -0.4 is 4.89 Å². The summed E-state index contributed by atoms with van der Waals surface area (Å²) in [5.41, 5.74) is 0. The van der Waals surface area contributed by atoms with Crippen molar-refractivity contribution in [1.29, 1.82) is 0 Å². The molecular weight excluding hydrogens is 613 g/mol. The van der Waals surface area contributed by atoms with Gasteiger partial charge in [-0.3, -0.25) is 9.36 Å². The molecular formula is C38H74NO7P. The normalized spacial score (nSPS) is 14.2. The summed E-state index contributed by atoms with van der Waals surface area (Å²) in [5, 5.41) is 0. The van der Waals surface area contributed by atoms with Gasteiger partial charge in [0, 0.05) is 6.42 Å². The van der Waals surface area contributed by atoms with E-state index in [1.807, 2.05) is 27.2 Å². The van der Waals surface area contributed by atoms with Gasteiger partial charge in [0.05, 0.1) is 34.0 Å². The molecule has 0 radical (unpaired) electrons. The Kier molecular flexibility index (Phi) is 31.2. The summed E-state index contributed by atoms with van der Waals surface area (Å²) < 4.78 is 34.1. The summed E-state index contributed by atoms with van der Waals surface area (Å²) >= 11 is 0. The molecule has 0 rings (SSSR count). The molecule has 0 aliphatic heterocycles. The molecule has 2 atom stereocenters. The van der Waals surface area contributed by atoms with Crippen molar-refractivity contribution in [3.8, 4) is 0 Å². The Morgan fingerprint density at radius 3 is 1.70 bits per heavy atom. The van der Waals surface area contributed by atoms with E-state index in [1.54, 1.807) is 6.26 Å². The van der Waals surface area contributed by atoms with Crippen molar-refractivity contribution in [2.24, 2.45) is 0 Å². The Balaban J connectivity index is 4.36. The zero-order chi connectivity index (χ0) is 34.9. The van der Waals surface area contributed by atoms with Gasteiger partial charge in [-0.05, 0) is 44.6 Å². The number of esters is 1. The number of nitrogens with zero attached hydrogens (tertiary/aromatic N) is 1. The average Bonchev–Trinajstić information content (AvgIpc) is 3.01. The van der Waals surface area contributed by atoms with Crippen LogP contribution in [0.2, 0.25) is 0 Å². The molecule has 0 heterocycles. The highest BCUT2D eigenvalue weighted by Crippen LogP contribution is 2.38. The van der Waals surface area contributed by atoms with E-state index < -0.39 is 13.9 Å². The first-order chi connectivity index (χ1) is 22.6. The first kappa shape index (κ1) is 45.8. The van der Waals surface area contributed by atoms with E-state index in [2.05, 4.69) is 26.0 Å². The highest BCUT2D eigenvalue weighted by atomic mass is 31.2. The second-order valence-electron chi connectivity index (χ2n) is 14.0. The fourth-order valence-electron chi connectivity index (χ4n) is 5.02. The monoisotopic (exact) mass is 688 g/mol. The highest BCUT2D eigenvalue weighted by molar-refractivity contribution is 7.45. The molecule has 0 bridgehead atoms. The Labute approximate surface area is 290 Å². The van der Waals surface area contributed by atoms with Crippen LogP contribution in [0.4, 0.5) is 0 Å². The van der Waals surface area contributed by atoms with Gasteiger partial charge < -0.3 is 27.9 Å². The molecule has 0 aromatic heterocycles. The molecule has 9 heteroatoms. The number of allylic oxidation sites excluding steroid dienone is 3. The average molecular weight is 688 g/mol. The number of carbonyl (C=O) groups excluding carboxylic acids is 1. The van der Waals surface area contributed by atoms with E-state index in [-0.39, 0.29) is 32.2 Å². The van der Waals surface area contributed by atoms with Crippen LogP contribution >= 0.6 is 7.82 Å². The van der Waals surface area contributed by atoms with E-state index >= 15 is 0 Å². The Morgan fingerprint density at radius 1 is 0.660 bits per heavy atom. The van der Waals surface area contributed by atoms with Gasteiger partial charge in [0.25, 0.3) is 7.82 Å². The van der Waals surface area contributed by atoms with Crippen molar-refractivity contribution in [3.63, 3.8) is 0 Å². The predicted molar refractivity (Wildman–Crippen MR) is 194 cm³/mol. The molecule has 0 aromatic carbocycles. The van der Waals surface area contributed by atoms with Crippen molar-refractivity contribution in [2.75, 3.05) is 47.5 Å². The van der Waals surface area contributed by atoms with Crippen molar-refractivity contribution < 1.29 is 37.3 Å². The number of hydrogen-bond acceptors (Lipinski definition) is 7. The number of unbranched alkanes of at least 4 members (excludes halogenated alkanes) is 19. The van der Waals surface area contributed by atoms with Crippen LogP contribution in [0.1, 0.15) is 162 Å². The second-order valence-corrected chi connectivity index (χ2v) is 15.4. The molecule has 0 aromatic rings. The number of phosphoric ester groups is 1. The van der Waals surface area contributed by atoms with Crippen LogP contribution in [0.25, 0.3) is 0 Å². The van der Waals surface area contributed by atoms with Crippen LogP contribution in [0.15, 0.2) is 24.5 Å². The molecule has 0 fully saturated rings. The van der Waals surface area contributed by atoms with E-state index in [4.69, 9.17) is 18.5 Å². The summed E-state index contributed by atoms with van der Waals surface area (Å²) in [6, 6.07) is 0. The molecule has 0 amide bonds. The molecule has 0 aliphatic carbocycles. The van der Waals surface area contributed by atoms with E-state index in [0.717, 1.165) is 44.9 Å². The number of phosphoric acid groups is 1. The third kappa shape index (κ3) is 35.9. The minimum Gasteiger partial charge on any atom is -0.756 e. The molecule has 47 heavy (non-hydrogen) atoms. The molecule has 0 N–H and O–H groups in total. The van der Waals surface area contributed by atoms with Crippen LogP contribution in [0.3, 0.4) is 0 Å². The van der Waals surface area contributed by atoms with Crippen LogP contribution in [-0.4, -0.2) is 64.1 Å². The van der Waals surface area contributed by atoms with Gasteiger partial charge in [-0.1, -0.05) is 129 Å². The minimum absolute atomic E-state index is 0.0161. The predicted octanol–water partition coefficient (Wildman–Crippen LogP) is 10.2. The fraction of sp³-hybridized carbons (Fsp3) is 0.868. The third-order valence-electron chi connectivity index (χ3n) is 8.07. The van der Waals surface area contributed by atoms with Gasteiger partial charge in [0.15, 0.2) is 6.10 Å². The smallest absolute Gasteiger partial charge is 0.306 e. The number of ether oxygens (including phenoxy) is 2. The summed E-state index contributed by atoms with van der Waals surface area (Å²) in [5.74, 6) is -0.367. The van der Waals surface area contributed by atoms with Crippen molar-refractivity contribution in [1.82, 2.24) is 0 Å². The quantitative estimate of drug-likeness (QED) is 0.0163. The maximum atomic E-state index is 12.6. The van der Waals surface area contributed by atoms with Crippen molar-refractivity contribution in [2.45, 2.75) is 168 Å². The molecule has 0 aliphatic rings. The van der Waals surface area contributed by atoms with Crippen LogP contribution in [0.5, 0.6) is 0 Å². The van der Waals surface area contributed by atoms with Gasteiger partial charge in [0.2, 0.25) is 0 Å². The Bertz CT molecular complexity index is 812. The summed E-state index contributed by atoms with van der Waals surface area (Å²) in [7, 11) is 1.32. The molecule has 278 valence electrons. The number of likely N-dealkylation sites (N-methyl/N-ethyl adjacent to an activating group) is 1. The number of hydrogen-bond donors (Lipinski definition) is 0. The highest BCUT2D eigenvalue weighted by Gasteiger charge is 2.20. The Hall–Kier alpha value is -1.18. The molecule has 0 spiro atoms. The maximum absolute atomic E-state index is 12.6. The Morgan fingerprint density at radius 2 is 1.15 bits per heavy atom. The standard InChI is InChI=1S/C38H74NO7P/c1-6-8-10-12-14-16-18-19-20-22-24-26-28-30-33-43-35-37(36-45-47(41,42)44-34-32-39(3,4)5)46-38(40)31-29-27-25-23-21-17-15-13-11-9-7-2/h13,15,30,33,37H,6-12,14,16-29,31-32,34-36H2,1-5H3/b15-13+,33-30+/t37-/m1/s1. The first-order valence-electron chi connectivity index (χ1n) is 19.1. The lowest BCUT2D eigenvalue weighted by atomic mass is 10.0. The molecule has 0 saturated heterocycles. The summed E-state index contributed by atoms with van der Waals surface area (Å²) in [4.78, 5) is 24.8. The zero-order valence-electron chi connectivity index (χ0n) is 31.2. The summed E-state index contributed by atoms with van der Waals surface area (Å²) in [6.07, 6.45) is 34.2. The van der Waals surface area contributed by atoms with Gasteiger partial charge in [-0.2, -0.15) is 0 Å². The lowest BCUT2D eigenvalue weighted by molar-refractivity contribution is -0.870. The largest absolute Gasteiger partial charge is 0.756 e. The molecule has 0 saturated carbocycles. The summed E-state index contributed by atoms with van der Waals surface area (Å²) in [6.45, 7) is 4.68. The fourth-order valence-corrected chi connectivity index (χ4v) is 5.75. The number of rotatable bonds is 35. The number of quaternary nitrogens is 1. The van der Waals surface area contributed by atoms with Gasteiger partial charge in [-0.15, -0.1) is 0 Å². The van der Waals surface area contributed by atoms with Crippen LogP contribution in [-0.2, 0) is 27.9 Å². The van der Waals surface area contributed by atoms with Crippen molar-refractivity contribution in [3.05, 3.63) is 24.5 Å². The van der Waals surface area contributed by atoms with Gasteiger partial charge in [0.1, 0.15) is 19.8 Å². The molecule has 8 nitrogen and oxygen atoms in total. The maximum Gasteiger partial charge on any atom is 0.306 e. The first-order valence-corrected chi connectivity index (χ1v) is 20.6. The van der Waals surface area contributed by atoms with Gasteiger partial charge in [-0.25, -0.2) is 0 Å². The van der Waals surface area contributed by atoms with Crippen LogP contribution in [0, 0.1) is 0 Å². The van der Waals surface area contributed by atoms with E-state index in [0.29, 0.717) is 11.0 Å². The molecule has 1 unspecified atom stereocenters. The van der Waals surface area contributed by atoms with Crippen molar-refractivity contribution >= 4 is 13.8 Å². The topological polar surface area (TPSA) is 94.1 Å². The second kappa shape index (κ2) is 32.0. The van der Waals surface area contributed by atoms with E-state index in [9.17, 15) is 14.3 Å². The lowest BCUT2D eigenvalue weighted by Gasteiger charge is -2.28. The SMILES string of the molecule is CCCC/C=C/CCCCCCCC(=O)O[C@H](CO/C=C/CCCCCCCCCCCCCC)COP(=O)([O-])OCC[N+](C)(C)C. The third-order valence-corrected chi connectivity index (χ3v) is 9.03. The zero-order valence-corrected chi connectivity index (χ0v) is 32.1. The number of carbonyl (C=O) groups is 1. The lowest BCUT2D eigenvalue weighted by Crippen LogP contribution is -2.37. The van der Waals surface area contributed by atoms with E-state index in [1.165, 1.54) is 96.3 Å².